The molecular formula is C14H9IN4O3. The molecule has 0 spiro atoms. The molecule has 3 aromatic rings. The van der Waals surface area contributed by atoms with E-state index in [9.17, 15) is 14.9 Å². The first-order valence-corrected chi connectivity index (χ1v) is 7.32. The van der Waals surface area contributed by atoms with Crippen molar-refractivity contribution in [3.05, 3.63) is 61.8 Å². The second-order valence-electron chi connectivity index (χ2n) is 4.52. The van der Waals surface area contributed by atoms with Crippen LogP contribution in [0.1, 0.15) is 10.5 Å². The number of H-pyrrole nitrogens is 1. The van der Waals surface area contributed by atoms with Crippen molar-refractivity contribution in [3.63, 3.8) is 0 Å². The van der Waals surface area contributed by atoms with Gasteiger partial charge in [-0.15, -0.1) is 0 Å². The first-order valence-electron chi connectivity index (χ1n) is 6.24. The Kier molecular flexibility index (Phi) is 3.75. The van der Waals surface area contributed by atoms with Crippen molar-refractivity contribution in [2.24, 2.45) is 0 Å². The van der Waals surface area contributed by atoms with Crippen molar-refractivity contribution < 1.29 is 9.72 Å². The molecule has 0 aliphatic heterocycles. The zero-order valence-electron chi connectivity index (χ0n) is 11.0. The molecule has 7 nitrogen and oxygen atoms in total. The number of fused-ring (bicyclic) bond motifs is 1. The fourth-order valence-corrected chi connectivity index (χ4v) is 2.59. The van der Waals surface area contributed by atoms with Crippen LogP contribution in [0.2, 0.25) is 0 Å². The number of nitrogens with one attached hydrogen (secondary N) is 2. The van der Waals surface area contributed by atoms with Gasteiger partial charge in [0.1, 0.15) is 0 Å². The maximum absolute atomic E-state index is 12.3. The number of benzene rings is 2. The van der Waals surface area contributed by atoms with Crippen LogP contribution in [0.5, 0.6) is 0 Å². The van der Waals surface area contributed by atoms with E-state index in [2.05, 4.69) is 38.1 Å². The minimum absolute atomic E-state index is 0.0859. The first-order chi connectivity index (χ1) is 10.5. The van der Waals surface area contributed by atoms with Crippen LogP contribution in [-0.2, 0) is 0 Å². The number of amides is 1. The lowest BCUT2D eigenvalue weighted by molar-refractivity contribution is -0.384. The summed E-state index contributed by atoms with van der Waals surface area (Å²) >= 11 is 2.14. The molecule has 1 aromatic heterocycles. The van der Waals surface area contributed by atoms with Gasteiger partial charge in [-0.2, -0.15) is 5.10 Å². The van der Waals surface area contributed by atoms with Crippen LogP contribution in [-0.4, -0.2) is 21.0 Å². The highest BCUT2D eigenvalue weighted by Gasteiger charge is 2.17. The number of aromatic amines is 1. The summed E-state index contributed by atoms with van der Waals surface area (Å²) in [6, 6.07) is 11.5. The zero-order chi connectivity index (χ0) is 15.7. The fraction of sp³-hybridized carbons (Fsp3) is 0. The van der Waals surface area contributed by atoms with Gasteiger partial charge in [-0.05, 0) is 46.9 Å². The Morgan fingerprint density at radius 2 is 2.09 bits per heavy atom. The number of anilines is 1. The lowest BCUT2D eigenvalue weighted by Crippen LogP contribution is -2.12. The number of rotatable bonds is 3. The van der Waals surface area contributed by atoms with Crippen LogP contribution in [0.4, 0.5) is 11.4 Å². The summed E-state index contributed by atoms with van der Waals surface area (Å²) in [6.45, 7) is 0. The fourth-order valence-electron chi connectivity index (χ4n) is 2.05. The van der Waals surface area contributed by atoms with Crippen molar-refractivity contribution in [2.75, 3.05) is 5.32 Å². The third-order valence-corrected chi connectivity index (χ3v) is 3.73. The van der Waals surface area contributed by atoms with Crippen LogP contribution in [0.15, 0.2) is 42.5 Å². The molecule has 0 unspecified atom stereocenters. The summed E-state index contributed by atoms with van der Waals surface area (Å²) in [4.78, 5) is 22.7. The van der Waals surface area contributed by atoms with Gasteiger partial charge in [0.25, 0.3) is 11.6 Å². The molecule has 0 saturated heterocycles. The minimum Gasteiger partial charge on any atom is -0.321 e. The second-order valence-corrected chi connectivity index (χ2v) is 5.77. The Hall–Kier alpha value is -2.49. The molecular weight excluding hydrogens is 399 g/mol. The van der Waals surface area contributed by atoms with Gasteiger partial charge in [0.2, 0.25) is 0 Å². The van der Waals surface area contributed by atoms with E-state index in [-0.39, 0.29) is 11.4 Å². The summed E-state index contributed by atoms with van der Waals surface area (Å²) in [5, 5.41) is 20.6. The number of halogens is 1. The largest absolute Gasteiger partial charge is 0.321 e. The number of nitrogens with zero attached hydrogens (tertiary/aromatic N) is 2. The number of hydrogen-bond acceptors (Lipinski definition) is 4. The molecule has 110 valence electrons. The molecule has 8 heteroatoms. The van der Waals surface area contributed by atoms with Crippen molar-refractivity contribution in [1.82, 2.24) is 10.2 Å². The van der Waals surface area contributed by atoms with Crippen LogP contribution >= 0.6 is 22.6 Å². The number of nitro groups is 1. The highest BCUT2D eigenvalue weighted by molar-refractivity contribution is 14.1. The van der Waals surface area contributed by atoms with Crippen LogP contribution in [0, 0.1) is 13.7 Å². The molecule has 0 radical (unpaired) electrons. The van der Waals surface area contributed by atoms with E-state index < -0.39 is 10.8 Å². The molecule has 0 fully saturated rings. The van der Waals surface area contributed by atoms with Crippen LogP contribution < -0.4 is 5.32 Å². The molecule has 0 aliphatic carbocycles. The SMILES string of the molecule is O=C(Nc1cccc(I)c1)c1n[nH]c2ccc([N+](=O)[O-])cc12. The quantitative estimate of drug-likeness (QED) is 0.395. The Morgan fingerprint density at radius 3 is 2.82 bits per heavy atom. The average molecular weight is 408 g/mol. The topological polar surface area (TPSA) is 101 Å². The maximum Gasteiger partial charge on any atom is 0.276 e. The monoisotopic (exact) mass is 408 g/mol. The molecule has 0 saturated carbocycles. The Labute approximate surface area is 138 Å². The Balaban J connectivity index is 1.97. The zero-order valence-corrected chi connectivity index (χ0v) is 13.2. The Bertz CT molecular complexity index is 891. The predicted octanol–water partition coefficient (Wildman–Crippen LogP) is 3.33. The maximum atomic E-state index is 12.3. The van der Waals surface area contributed by atoms with E-state index in [0.717, 1.165) is 3.57 Å². The van der Waals surface area contributed by atoms with Gasteiger partial charge in [0, 0.05) is 26.8 Å². The van der Waals surface area contributed by atoms with Gasteiger partial charge in [-0.1, -0.05) is 6.07 Å². The number of aromatic nitrogens is 2. The normalized spacial score (nSPS) is 10.6. The summed E-state index contributed by atoms with van der Waals surface area (Å²) < 4.78 is 0.984. The summed E-state index contributed by atoms with van der Waals surface area (Å²) in [7, 11) is 0. The van der Waals surface area contributed by atoms with Crippen molar-refractivity contribution in [2.45, 2.75) is 0 Å². The van der Waals surface area contributed by atoms with Gasteiger partial charge in [0.05, 0.1) is 10.4 Å². The summed E-state index contributed by atoms with van der Waals surface area (Å²) in [6.07, 6.45) is 0. The van der Waals surface area contributed by atoms with Crippen molar-refractivity contribution in [3.8, 4) is 0 Å². The number of non-ortho nitro benzene ring substituents is 1. The molecule has 22 heavy (non-hydrogen) atoms. The van der Waals surface area contributed by atoms with Crippen LogP contribution in [0.3, 0.4) is 0 Å². The van der Waals surface area contributed by atoms with Gasteiger partial charge in [0.15, 0.2) is 5.69 Å². The van der Waals surface area contributed by atoms with E-state index in [1.54, 1.807) is 6.07 Å². The standard InChI is InChI=1S/C14H9IN4O3/c15-8-2-1-3-9(6-8)16-14(20)13-11-7-10(19(21)22)4-5-12(11)17-18-13/h1-7H,(H,16,20)(H,17,18). The molecule has 0 aliphatic rings. The van der Waals surface area contributed by atoms with E-state index in [1.165, 1.54) is 18.2 Å². The third kappa shape index (κ3) is 2.77. The van der Waals surface area contributed by atoms with Crippen molar-refractivity contribution >= 4 is 50.8 Å². The van der Waals surface area contributed by atoms with Gasteiger partial charge >= 0.3 is 0 Å². The molecule has 3 rings (SSSR count). The molecule has 1 amide bonds. The number of carbonyl (C=O) groups is 1. The van der Waals surface area contributed by atoms with E-state index >= 15 is 0 Å². The molecule has 0 bridgehead atoms. The molecule has 1 heterocycles. The van der Waals surface area contributed by atoms with Crippen LogP contribution in [0.25, 0.3) is 10.9 Å². The number of nitro benzene ring substituents is 1. The van der Waals surface area contributed by atoms with E-state index in [1.807, 2.05) is 18.2 Å². The minimum atomic E-state index is -0.506. The van der Waals surface area contributed by atoms with Gasteiger partial charge < -0.3 is 5.32 Å². The second kappa shape index (κ2) is 5.72. The summed E-state index contributed by atoms with van der Waals surface area (Å²) in [5.74, 6) is -0.422. The van der Waals surface area contributed by atoms with Gasteiger partial charge in [-0.3, -0.25) is 20.0 Å². The lowest BCUT2D eigenvalue weighted by Gasteiger charge is -2.03. The Morgan fingerprint density at radius 1 is 1.27 bits per heavy atom. The van der Waals surface area contributed by atoms with Crippen molar-refractivity contribution in [1.29, 1.82) is 0 Å². The number of carbonyl (C=O) groups excluding carboxylic acids is 1. The highest BCUT2D eigenvalue weighted by Crippen LogP contribution is 2.23. The first kappa shape index (κ1) is 14.4. The predicted molar refractivity (Wildman–Crippen MR) is 89.9 cm³/mol. The smallest absolute Gasteiger partial charge is 0.276 e. The average Bonchev–Trinajstić information content (AvgIpc) is 2.90. The number of hydrogen-bond donors (Lipinski definition) is 2. The van der Waals surface area contributed by atoms with E-state index in [0.29, 0.717) is 16.6 Å². The third-order valence-electron chi connectivity index (χ3n) is 3.05. The highest BCUT2D eigenvalue weighted by atomic mass is 127. The lowest BCUT2D eigenvalue weighted by atomic mass is 10.2. The van der Waals surface area contributed by atoms with Gasteiger partial charge in [-0.25, -0.2) is 0 Å². The molecule has 0 atom stereocenters. The van der Waals surface area contributed by atoms with E-state index in [4.69, 9.17) is 0 Å². The molecule has 2 N–H and O–H groups in total. The summed E-state index contributed by atoms with van der Waals surface area (Å²) in [5.41, 5.74) is 1.24. The molecule has 2 aromatic carbocycles.